The summed E-state index contributed by atoms with van der Waals surface area (Å²) in [5.41, 5.74) is 5.08. The van der Waals surface area contributed by atoms with E-state index in [2.05, 4.69) is 18.0 Å². The molecule has 13 heavy (non-hydrogen) atoms. The predicted molar refractivity (Wildman–Crippen MR) is 53.1 cm³/mol. The van der Waals surface area contributed by atoms with Crippen LogP contribution in [0, 0.1) is 11.3 Å². The quantitative estimate of drug-likeness (QED) is 0.709. The predicted octanol–water partition coefficient (Wildman–Crippen LogP) is 1.10. The van der Waals surface area contributed by atoms with E-state index in [1.807, 2.05) is 0 Å². The summed E-state index contributed by atoms with van der Waals surface area (Å²) in [7, 11) is 2.07. The highest BCUT2D eigenvalue weighted by Crippen LogP contribution is 2.22. The maximum atomic E-state index is 8.78. The Balaban J connectivity index is 2.40. The number of hydrogen-bond donors (Lipinski definition) is 1. The third-order valence-electron chi connectivity index (χ3n) is 2.78. The summed E-state index contributed by atoms with van der Waals surface area (Å²) >= 11 is 0. The third kappa shape index (κ3) is 2.98. The van der Waals surface area contributed by atoms with E-state index in [0.29, 0.717) is 12.6 Å². The van der Waals surface area contributed by atoms with Gasteiger partial charge in [-0.1, -0.05) is 12.8 Å². The molecule has 0 aromatic heterocycles. The van der Waals surface area contributed by atoms with Crippen molar-refractivity contribution in [2.24, 2.45) is 5.73 Å². The molecule has 0 radical (unpaired) electrons. The van der Waals surface area contributed by atoms with Crippen molar-refractivity contribution in [3.63, 3.8) is 0 Å². The van der Waals surface area contributed by atoms with E-state index in [9.17, 15) is 0 Å². The van der Waals surface area contributed by atoms with Crippen LogP contribution in [0.15, 0.2) is 0 Å². The van der Waals surface area contributed by atoms with E-state index >= 15 is 0 Å². The van der Waals surface area contributed by atoms with Gasteiger partial charge in [-0.25, -0.2) is 0 Å². The zero-order chi connectivity index (χ0) is 9.90. The summed E-state index contributed by atoms with van der Waals surface area (Å²) in [5, 5.41) is 8.78. The maximum absolute atomic E-state index is 8.78. The maximum Gasteiger partial charge on any atom is 0.114 e. The Labute approximate surface area is 80.5 Å². The summed E-state index contributed by atoms with van der Waals surface area (Å²) in [6.45, 7) is 2.46. The molecule has 1 rings (SSSR count). The van der Waals surface area contributed by atoms with Crippen molar-refractivity contribution in [1.29, 1.82) is 5.26 Å². The first-order valence-electron chi connectivity index (χ1n) is 4.95. The molecule has 1 atom stereocenters. The summed E-state index contributed by atoms with van der Waals surface area (Å²) in [5.74, 6) is 0. The van der Waals surface area contributed by atoms with Crippen LogP contribution in [0.5, 0.6) is 0 Å². The van der Waals surface area contributed by atoms with Crippen LogP contribution < -0.4 is 5.73 Å². The van der Waals surface area contributed by atoms with Gasteiger partial charge in [0.15, 0.2) is 0 Å². The third-order valence-corrected chi connectivity index (χ3v) is 2.78. The Morgan fingerprint density at radius 3 is 2.54 bits per heavy atom. The monoisotopic (exact) mass is 181 g/mol. The van der Waals surface area contributed by atoms with Crippen molar-refractivity contribution in [2.45, 2.75) is 44.2 Å². The zero-order valence-electron chi connectivity index (χ0n) is 8.58. The van der Waals surface area contributed by atoms with E-state index in [1.165, 1.54) is 25.7 Å². The Bertz CT molecular complexity index is 199. The minimum atomic E-state index is -0.697. The molecule has 0 saturated heterocycles. The normalized spacial score (nSPS) is 23.0. The van der Waals surface area contributed by atoms with Gasteiger partial charge in [0, 0.05) is 12.6 Å². The molecule has 1 saturated carbocycles. The molecule has 1 aliphatic carbocycles. The highest BCUT2D eigenvalue weighted by Gasteiger charge is 2.26. The molecule has 0 aromatic carbocycles. The fraction of sp³-hybridized carbons (Fsp3) is 0.900. The van der Waals surface area contributed by atoms with Crippen LogP contribution in [0.4, 0.5) is 0 Å². The van der Waals surface area contributed by atoms with Crippen molar-refractivity contribution < 1.29 is 0 Å². The molecule has 3 nitrogen and oxygen atoms in total. The lowest BCUT2D eigenvalue weighted by atomic mass is 10.0. The molecule has 1 unspecified atom stereocenters. The van der Waals surface area contributed by atoms with Gasteiger partial charge in [0.2, 0.25) is 0 Å². The van der Waals surface area contributed by atoms with E-state index < -0.39 is 5.54 Å². The molecule has 2 N–H and O–H groups in total. The van der Waals surface area contributed by atoms with Gasteiger partial charge < -0.3 is 10.6 Å². The van der Waals surface area contributed by atoms with E-state index in [0.717, 1.165) is 0 Å². The molecule has 0 amide bonds. The van der Waals surface area contributed by atoms with Crippen LogP contribution >= 0.6 is 0 Å². The van der Waals surface area contributed by atoms with Crippen molar-refractivity contribution in [3.05, 3.63) is 0 Å². The minimum absolute atomic E-state index is 0.649. The SMILES string of the molecule is CN(CC(C)(N)C#N)C1CCCC1. The zero-order valence-corrected chi connectivity index (χ0v) is 8.58. The minimum Gasteiger partial charge on any atom is -0.313 e. The molecule has 0 aromatic rings. The molecule has 0 heterocycles. The molecule has 0 bridgehead atoms. The lowest BCUT2D eigenvalue weighted by Gasteiger charge is -2.29. The van der Waals surface area contributed by atoms with Gasteiger partial charge in [-0.05, 0) is 26.8 Å². The largest absolute Gasteiger partial charge is 0.313 e. The first kappa shape index (κ1) is 10.5. The van der Waals surface area contributed by atoms with Crippen LogP contribution in [0.3, 0.4) is 0 Å². The van der Waals surface area contributed by atoms with Gasteiger partial charge in [0.05, 0.1) is 6.07 Å². The highest BCUT2D eigenvalue weighted by molar-refractivity contribution is 5.03. The smallest absolute Gasteiger partial charge is 0.114 e. The topological polar surface area (TPSA) is 53.0 Å². The molecule has 0 aliphatic heterocycles. The van der Waals surface area contributed by atoms with Crippen LogP contribution in [0.2, 0.25) is 0 Å². The molecule has 1 aliphatic rings. The van der Waals surface area contributed by atoms with Crippen LogP contribution in [-0.4, -0.2) is 30.1 Å². The Kier molecular flexibility index (Phi) is 3.29. The van der Waals surface area contributed by atoms with E-state index in [-0.39, 0.29) is 0 Å². The first-order valence-corrected chi connectivity index (χ1v) is 4.95. The van der Waals surface area contributed by atoms with E-state index in [4.69, 9.17) is 11.0 Å². The van der Waals surface area contributed by atoms with Gasteiger partial charge in [-0.2, -0.15) is 5.26 Å². The first-order chi connectivity index (χ1) is 6.05. The average molecular weight is 181 g/mol. The van der Waals surface area contributed by atoms with Gasteiger partial charge >= 0.3 is 0 Å². The fourth-order valence-electron chi connectivity index (χ4n) is 2.03. The summed E-state index contributed by atoms with van der Waals surface area (Å²) in [6.07, 6.45) is 5.17. The van der Waals surface area contributed by atoms with Crippen molar-refractivity contribution >= 4 is 0 Å². The standard InChI is InChI=1S/C10H19N3/c1-10(12,7-11)8-13(2)9-5-3-4-6-9/h9H,3-6,8,12H2,1-2H3. The second-order valence-electron chi connectivity index (χ2n) is 4.38. The van der Waals surface area contributed by atoms with Crippen LogP contribution in [0.25, 0.3) is 0 Å². The van der Waals surface area contributed by atoms with Crippen LogP contribution in [-0.2, 0) is 0 Å². The number of nitrogens with zero attached hydrogens (tertiary/aromatic N) is 2. The highest BCUT2D eigenvalue weighted by atomic mass is 15.1. The molecular formula is C10H19N3. The van der Waals surface area contributed by atoms with E-state index in [1.54, 1.807) is 6.92 Å². The number of nitriles is 1. The number of hydrogen-bond acceptors (Lipinski definition) is 3. The summed E-state index contributed by atoms with van der Waals surface area (Å²) in [4.78, 5) is 2.23. The molecule has 74 valence electrons. The van der Waals surface area contributed by atoms with Crippen LogP contribution in [0.1, 0.15) is 32.6 Å². The lowest BCUT2D eigenvalue weighted by molar-refractivity contribution is 0.217. The molecular weight excluding hydrogens is 162 g/mol. The van der Waals surface area contributed by atoms with Crippen molar-refractivity contribution in [1.82, 2.24) is 4.90 Å². The van der Waals surface area contributed by atoms with Gasteiger partial charge in [-0.15, -0.1) is 0 Å². The molecule has 0 spiro atoms. The Morgan fingerprint density at radius 1 is 1.54 bits per heavy atom. The Hall–Kier alpha value is -0.590. The summed E-state index contributed by atoms with van der Waals surface area (Å²) in [6, 6.07) is 2.78. The van der Waals surface area contributed by atoms with Gasteiger partial charge in [0.1, 0.15) is 5.54 Å². The second kappa shape index (κ2) is 4.08. The van der Waals surface area contributed by atoms with Gasteiger partial charge in [-0.3, -0.25) is 0 Å². The number of likely N-dealkylation sites (N-methyl/N-ethyl adjacent to an activating group) is 1. The number of nitrogens with two attached hydrogens (primary N) is 1. The van der Waals surface area contributed by atoms with Gasteiger partial charge in [0.25, 0.3) is 0 Å². The fourth-order valence-corrected chi connectivity index (χ4v) is 2.03. The van der Waals surface area contributed by atoms with Crippen molar-refractivity contribution in [2.75, 3.05) is 13.6 Å². The lowest BCUT2D eigenvalue weighted by Crippen LogP contribution is -2.48. The van der Waals surface area contributed by atoms with Crippen molar-refractivity contribution in [3.8, 4) is 6.07 Å². The molecule has 1 fully saturated rings. The average Bonchev–Trinajstić information content (AvgIpc) is 2.55. The summed E-state index contributed by atoms with van der Waals surface area (Å²) < 4.78 is 0. The Morgan fingerprint density at radius 2 is 2.08 bits per heavy atom. The number of rotatable bonds is 3. The molecule has 3 heteroatoms. The second-order valence-corrected chi connectivity index (χ2v) is 4.38.